The molecule has 0 unspecified atom stereocenters. The molecule has 0 fully saturated rings. The Kier molecular flexibility index (Phi) is 11.4. The van der Waals surface area contributed by atoms with Crippen LogP contribution in [0.5, 0.6) is 0 Å². The molecule has 0 bridgehead atoms. The Hall–Kier alpha value is 1.52. The molecule has 0 N–H and O–H groups in total. The molecule has 3 heteroatoms. The minimum atomic E-state index is 0. The van der Waals surface area contributed by atoms with Crippen molar-refractivity contribution in [1.29, 1.82) is 0 Å². The van der Waals surface area contributed by atoms with Gasteiger partial charge in [0.25, 0.3) is 0 Å². The molecule has 0 aromatic carbocycles. The molecule has 0 aromatic rings. The molecule has 0 saturated heterocycles. The minimum absolute atomic E-state index is 0. The van der Waals surface area contributed by atoms with Gasteiger partial charge in [-0.2, -0.15) is 0 Å². The number of amides is 1. The first-order valence-corrected chi connectivity index (χ1v) is 1.39. The smallest absolute Gasteiger partial charge is 0.209 e. The van der Waals surface area contributed by atoms with E-state index < -0.39 is 0 Å². The summed E-state index contributed by atoms with van der Waals surface area (Å²) in [4.78, 5) is 10.9. The quantitative estimate of drug-likeness (QED) is 0.520. The van der Waals surface area contributed by atoms with Gasteiger partial charge in [0.05, 0.1) is 0 Å². The number of carbonyl (C=O) groups is 1. The standard InChI is InChI=1S/C3H7NO.Cs/c1-4(2)3-5;/h3H,1-2H3;. The predicted octanol–water partition coefficient (Wildman–Crippen LogP) is -0.676. The Morgan fingerprint density at radius 1 is 1.50 bits per heavy atom. The van der Waals surface area contributed by atoms with E-state index in [2.05, 4.69) is 0 Å². The zero-order valence-electron chi connectivity index (χ0n) is 4.43. The molecule has 0 aliphatic heterocycles. The van der Waals surface area contributed by atoms with Gasteiger partial charge in [0.2, 0.25) is 6.41 Å². The molecule has 0 aliphatic rings. The Morgan fingerprint density at radius 3 is 1.67 bits per heavy atom. The van der Waals surface area contributed by atoms with Crippen molar-refractivity contribution >= 4 is 75.3 Å². The fourth-order valence-electron chi connectivity index (χ4n) is 0. The van der Waals surface area contributed by atoms with Crippen LogP contribution in [0.2, 0.25) is 0 Å². The number of hydrogen-bond donors (Lipinski definition) is 0. The summed E-state index contributed by atoms with van der Waals surface area (Å²) in [5, 5.41) is 0. The van der Waals surface area contributed by atoms with Crippen molar-refractivity contribution < 1.29 is 4.79 Å². The van der Waals surface area contributed by atoms with Gasteiger partial charge in [-0.25, -0.2) is 0 Å². The summed E-state index contributed by atoms with van der Waals surface area (Å²) in [5.74, 6) is 0. The molecule has 1 radical (unpaired) electrons. The molecule has 0 aliphatic carbocycles. The Balaban J connectivity index is 0. The monoisotopic (exact) mass is 206 g/mol. The van der Waals surface area contributed by atoms with E-state index in [1.165, 1.54) is 4.90 Å². The van der Waals surface area contributed by atoms with Gasteiger partial charge < -0.3 is 4.90 Å². The first-order valence-electron chi connectivity index (χ1n) is 1.39. The van der Waals surface area contributed by atoms with Crippen LogP contribution in [-0.4, -0.2) is 94.3 Å². The first kappa shape index (κ1) is 10.5. The summed E-state index contributed by atoms with van der Waals surface area (Å²) < 4.78 is 0. The third-order valence-electron chi connectivity index (χ3n) is 0.211. The third-order valence-corrected chi connectivity index (χ3v) is 0.211. The van der Waals surface area contributed by atoms with Crippen LogP contribution in [0, 0.1) is 0 Å². The summed E-state index contributed by atoms with van der Waals surface area (Å²) in [6, 6.07) is 0. The van der Waals surface area contributed by atoms with Crippen LogP contribution in [0.3, 0.4) is 0 Å². The largest absolute Gasteiger partial charge is 0.351 e. The van der Waals surface area contributed by atoms with E-state index >= 15 is 0 Å². The second kappa shape index (κ2) is 6.52. The van der Waals surface area contributed by atoms with Crippen LogP contribution in [0.4, 0.5) is 0 Å². The average molecular weight is 206 g/mol. The van der Waals surface area contributed by atoms with Crippen molar-refractivity contribution in [2.75, 3.05) is 14.1 Å². The van der Waals surface area contributed by atoms with E-state index in [9.17, 15) is 4.79 Å². The van der Waals surface area contributed by atoms with E-state index in [4.69, 9.17) is 0 Å². The molecule has 1 amide bonds. The van der Waals surface area contributed by atoms with Gasteiger partial charge >= 0.3 is 0 Å². The summed E-state index contributed by atoms with van der Waals surface area (Å²) in [6.45, 7) is 0. The fraction of sp³-hybridized carbons (Fsp3) is 0.667. The second-order valence-electron chi connectivity index (χ2n) is 1.07. The Labute approximate surface area is 96.7 Å². The molecule has 0 heterocycles. The van der Waals surface area contributed by atoms with E-state index in [1.54, 1.807) is 14.1 Å². The van der Waals surface area contributed by atoms with Crippen LogP contribution in [-0.2, 0) is 4.79 Å². The number of carbonyl (C=O) groups excluding carboxylic acids is 1. The average Bonchev–Trinajstić information content (AvgIpc) is 1.38. The molecular formula is C3H7CsNO. The minimum Gasteiger partial charge on any atom is -0.351 e. The van der Waals surface area contributed by atoms with E-state index in [1.807, 2.05) is 0 Å². The molecule has 0 aromatic heterocycles. The number of nitrogens with zero attached hydrogens (tertiary/aromatic N) is 1. The normalized spacial score (nSPS) is 5.67. The topological polar surface area (TPSA) is 20.3 Å². The maximum absolute atomic E-state index is 9.43. The third kappa shape index (κ3) is 9.10. The summed E-state index contributed by atoms with van der Waals surface area (Å²) >= 11 is 0. The molecule has 31 valence electrons. The van der Waals surface area contributed by atoms with E-state index in [0.29, 0.717) is 0 Å². The van der Waals surface area contributed by atoms with Crippen LogP contribution in [0.15, 0.2) is 0 Å². The Morgan fingerprint density at radius 2 is 1.67 bits per heavy atom. The van der Waals surface area contributed by atoms with Crippen LogP contribution >= 0.6 is 0 Å². The summed E-state index contributed by atoms with van der Waals surface area (Å²) in [5.41, 5.74) is 0. The van der Waals surface area contributed by atoms with Crippen molar-refractivity contribution in [2.24, 2.45) is 0 Å². The molecule has 0 rings (SSSR count). The molecule has 0 atom stereocenters. The SMILES string of the molecule is CN(C)C=O.[Cs]. The van der Waals surface area contributed by atoms with Gasteiger partial charge in [-0.1, -0.05) is 0 Å². The van der Waals surface area contributed by atoms with Crippen molar-refractivity contribution in [1.82, 2.24) is 4.90 Å². The van der Waals surface area contributed by atoms with Gasteiger partial charge in [-0.05, 0) is 0 Å². The van der Waals surface area contributed by atoms with Gasteiger partial charge in [0.1, 0.15) is 0 Å². The summed E-state index contributed by atoms with van der Waals surface area (Å²) in [6.07, 6.45) is 0.750. The van der Waals surface area contributed by atoms with Crippen LogP contribution < -0.4 is 0 Å². The maximum atomic E-state index is 9.43. The maximum Gasteiger partial charge on any atom is 0.209 e. The molecular weight excluding hydrogens is 199 g/mol. The van der Waals surface area contributed by atoms with Crippen molar-refractivity contribution in [3.8, 4) is 0 Å². The fourth-order valence-corrected chi connectivity index (χ4v) is 0. The Bertz CT molecular complexity index is 37.8. The van der Waals surface area contributed by atoms with Crippen LogP contribution in [0.1, 0.15) is 0 Å². The van der Waals surface area contributed by atoms with Crippen LogP contribution in [0.25, 0.3) is 0 Å². The van der Waals surface area contributed by atoms with Gasteiger partial charge in [-0.15, -0.1) is 0 Å². The van der Waals surface area contributed by atoms with Crippen molar-refractivity contribution in [2.45, 2.75) is 0 Å². The zero-order chi connectivity index (χ0) is 4.28. The van der Waals surface area contributed by atoms with E-state index in [0.717, 1.165) is 6.41 Å². The van der Waals surface area contributed by atoms with E-state index in [-0.39, 0.29) is 68.9 Å². The molecule has 6 heavy (non-hydrogen) atoms. The van der Waals surface area contributed by atoms with Gasteiger partial charge in [-0.3, -0.25) is 4.79 Å². The molecule has 2 nitrogen and oxygen atoms in total. The first-order chi connectivity index (χ1) is 2.27. The van der Waals surface area contributed by atoms with Crippen molar-refractivity contribution in [3.05, 3.63) is 0 Å². The molecule has 0 spiro atoms. The number of hydrogen-bond acceptors (Lipinski definition) is 1. The second-order valence-corrected chi connectivity index (χ2v) is 1.07. The predicted molar refractivity (Wildman–Crippen MR) is 25.5 cm³/mol. The van der Waals surface area contributed by atoms with Gasteiger partial charge in [0.15, 0.2) is 0 Å². The zero-order valence-corrected chi connectivity index (χ0v) is 10.7. The number of rotatable bonds is 1. The van der Waals surface area contributed by atoms with Crippen molar-refractivity contribution in [3.63, 3.8) is 0 Å². The molecule has 0 saturated carbocycles. The van der Waals surface area contributed by atoms with Gasteiger partial charge in [0, 0.05) is 83.0 Å². The summed E-state index contributed by atoms with van der Waals surface area (Å²) in [7, 11) is 3.38.